The van der Waals surface area contributed by atoms with Gasteiger partial charge in [0.1, 0.15) is 0 Å². The summed E-state index contributed by atoms with van der Waals surface area (Å²) < 4.78 is 0. The Bertz CT molecular complexity index is 412. The van der Waals surface area contributed by atoms with Gasteiger partial charge in [-0.2, -0.15) is 0 Å². The molecule has 1 rings (SSSR count). The van der Waals surface area contributed by atoms with Crippen LogP contribution in [0.1, 0.15) is 31.2 Å². The minimum Gasteiger partial charge on any atom is -0.356 e. The van der Waals surface area contributed by atoms with Crippen LogP contribution in [0.4, 0.5) is 0 Å². The summed E-state index contributed by atoms with van der Waals surface area (Å²) >= 11 is 0. The number of hydrogen-bond acceptors (Lipinski definition) is 1. The molecule has 1 atom stereocenters. The van der Waals surface area contributed by atoms with Crippen LogP contribution in [-0.2, 0) is 0 Å². The summed E-state index contributed by atoms with van der Waals surface area (Å²) in [5, 5.41) is 3.44. The molecule has 0 saturated heterocycles. The number of allylic oxidation sites excluding steroid dienone is 1. The van der Waals surface area contributed by atoms with Crippen molar-refractivity contribution in [2.45, 2.75) is 25.7 Å². The van der Waals surface area contributed by atoms with E-state index in [4.69, 9.17) is 0 Å². The fourth-order valence-corrected chi connectivity index (χ4v) is 2.11. The molecular formula is C17H27N3. The summed E-state index contributed by atoms with van der Waals surface area (Å²) in [4.78, 5) is 6.51. The van der Waals surface area contributed by atoms with Crippen LogP contribution in [0.15, 0.2) is 48.0 Å². The number of aliphatic imine (C=N–C) groups is 1. The number of nitrogens with zero attached hydrogens (tertiary/aromatic N) is 2. The van der Waals surface area contributed by atoms with Crippen LogP contribution in [0, 0.1) is 0 Å². The molecular weight excluding hydrogens is 246 g/mol. The molecule has 0 fully saturated rings. The van der Waals surface area contributed by atoms with Crippen LogP contribution < -0.4 is 5.32 Å². The van der Waals surface area contributed by atoms with Crippen LogP contribution in [-0.4, -0.2) is 38.0 Å². The van der Waals surface area contributed by atoms with E-state index < -0.39 is 0 Å². The highest BCUT2D eigenvalue weighted by molar-refractivity contribution is 5.79. The second-order valence-corrected chi connectivity index (χ2v) is 5.09. The minimum absolute atomic E-state index is 0.467. The number of nitrogens with one attached hydrogen (secondary N) is 1. The van der Waals surface area contributed by atoms with Crippen LogP contribution >= 0.6 is 0 Å². The highest BCUT2D eigenvalue weighted by atomic mass is 15.3. The zero-order chi connectivity index (χ0) is 14.8. The quantitative estimate of drug-likeness (QED) is 0.357. The van der Waals surface area contributed by atoms with Gasteiger partial charge in [-0.1, -0.05) is 43.3 Å². The monoisotopic (exact) mass is 273 g/mol. The third kappa shape index (κ3) is 5.47. The number of hydrogen-bond donors (Lipinski definition) is 1. The average molecular weight is 273 g/mol. The largest absolute Gasteiger partial charge is 0.356 e. The molecule has 0 spiro atoms. The second-order valence-electron chi connectivity index (χ2n) is 5.09. The average Bonchev–Trinajstić information content (AvgIpc) is 2.49. The lowest BCUT2D eigenvalue weighted by Gasteiger charge is -2.23. The number of unbranched alkanes of at least 4 members (excludes halogenated alkanes) is 1. The fourth-order valence-electron chi connectivity index (χ4n) is 2.11. The first-order valence-corrected chi connectivity index (χ1v) is 7.26. The van der Waals surface area contributed by atoms with Gasteiger partial charge in [0.15, 0.2) is 5.96 Å². The van der Waals surface area contributed by atoms with E-state index in [9.17, 15) is 0 Å². The van der Waals surface area contributed by atoms with E-state index in [2.05, 4.69) is 66.1 Å². The van der Waals surface area contributed by atoms with Gasteiger partial charge in [-0.05, 0) is 24.3 Å². The molecule has 110 valence electrons. The molecule has 20 heavy (non-hydrogen) atoms. The molecule has 1 unspecified atom stereocenters. The smallest absolute Gasteiger partial charge is 0.193 e. The second kappa shape index (κ2) is 9.18. The van der Waals surface area contributed by atoms with Gasteiger partial charge in [-0.3, -0.25) is 4.99 Å². The van der Waals surface area contributed by atoms with Crippen molar-refractivity contribution in [3.8, 4) is 0 Å². The Hall–Kier alpha value is -1.77. The van der Waals surface area contributed by atoms with Crippen molar-refractivity contribution in [1.82, 2.24) is 10.2 Å². The summed E-state index contributed by atoms with van der Waals surface area (Å²) in [6.07, 6.45) is 4.11. The molecule has 0 aliphatic heterocycles. The third-order valence-corrected chi connectivity index (χ3v) is 3.41. The van der Waals surface area contributed by atoms with Crippen molar-refractivity contribution in [3.63, 3.8) is 0 Å². The molecule has 0 aromatic heterocycles. The molecule has 0 amide bonds. The van der Waals surface area contributed by atoms with Gasteiger partial charge in [-0.25, -0.2) is 0 Å². The summed E-state index contributed by atoms with van der Waals surface area (Å²) in [7, 11) is 3.91. The Kier molecular flexibility index (Phi) is 7.48. The Morgan fingerprint density at radius 3 is 2.70 bits per heavy atom. The number of benzene rings is 1. The maximum Gasteiger partial charge on any atom is 0.193 e. The van der Waals surface area contributed by atoms with Crippen LogP contribution in [0.25, 0.3) is 0 Å². The minimum atomic E-state index is 0.467. The molecule has 0 heterocycles. The predicted molar refractivity (Wildman–Crippen MR) is 88.3 cm³/mol. The molecule has 0 aliphatic rings. The number of guanidine groups is 1. The van der Waals surface area contributed by atoms with Gasteiger partial charge in [-0.15, -0.1) is 6.58 Å². The predicted octanol–water partition coefficient (Wildman–Crippen LogP) is 3.26. The van der Waals surface area contributed by atoms with Gasteiger partial charge in [0.25, 0.3) is 0 Å². The topological polar surface area (TPSA) is 27.6 Å². The first-order valence-electron chi connectivity index (χ1n) is 7.26. The highest BCUT2D eigenvalue weighted by Gasteiger charge is 2.08. The molecule has 1 N–H and O–H groups in total. The standard InChI is InChI=1S/C17H27N3/c1-5-6-10-13-20(4)17(18-3)19-14-15(2)16-11-8-7-9-12-16/h5,7-9,11-12,15H,1,6,10,13-14H2,2-4H3,(H,18,19). The molecule has 0 radical (unpaired) electrons. The lowest BCUT2D eigenvalue weighted by atomic mass is 10.0. The lowest BCUT2D eigenvalue weighted by molar-refractivity contribution is 0.467. The van der Waals surface area contributed by atoms with Crippen molar-refractivity contribution in [2.24, 2.45) is 4.99 Å². The Morgan fingerprint density at radius 1 is 1.40 bits per heavy atom. The summed E-state index contributed by atoms with van der Waals surface area (Å²) in [6, 6.07) is 10.6. The Balaban J connectivity index is 2.43. The SMILES string of the molecule is C=CCCCN(C)C(=NC)NCC(C)c1ccccc1. The maximum atomic E-state index is 4.34. The van der Waals surface area contributed by atoms with Crippen LogP contribution in [0.3, 0.4) is 0 Å². The van der Waals surface area contributed by atoms with Crippen LogP contribution in [0.5, 0.6) is 0 Å². The van der Waals surface area contributed by atoms with Gasteiger partial charge < -0.3 is 10.2 Å². The van der Waals surface area contributed by atoms with Gasteiger partial charge in [0.2, 0.25) is 0 Å². The van der Waals surface area contributed by atoms with Gasteiger partial charge in [0.05, 0.1) is 0 Å². The lowest BCUT2D eigenvalue weighted by Crippen LogP contribution is -2.40. The molecule has 0 bridgehead atoms. The molecule has 3 heteroatoms. The first-order chi connectivity index (χ1) is 9.69. The normalized spacial score (nSPS) is 12.8. The maximum absolute atomic E-state index is 4.34. The van der Waals surface area contributed by atoms with Crippen molar-refractivity contribution in [2.75, 3.05) is 27.2 Å². The zero-order valence-electron chi connectivity index (χ0n) is 13.0. The van der Waals surface area contributed by atoms with E-state index in [-0.39, 0.29) is 0 Å². The molecule has 3 nitrogen and oxygen atoms in total. The Morgan fingerprint density at radius 2 is 2.10 bits per heavy atom. The van der Waals surface area contributed by atoms with E-state index in [1.165, 1.54) is 5.56 Å². The third-order valence-electron chi connectivity index (χ3n) is 3.41. The van der Waals surface area contributed by atoms with Crippen molar-refractivity contribution >= 4 is 5.96 Å². The van der Waals surface area contributed by atoms with E-state index in [0.717, 1.165) is 31.9 Å². The van der Waals surface area contributed by atoms with Crippen molar-refractivity contribution in [3.05, 3.63) is 48.6 Å². The summed E-state index contributed by atoms with van der Waals surface area (Å²) in [5.41, 5.74) is 1.35. The molecule has 1 aromatic rings. The molecule has 1 aromatic carbocycles. The van der Waals surface area contributed by atoms with E-state index >= 15 is 0 Å². The van der Waals surface area contributed by atoms with Crippen LogP contribution in [0.2, 0.25) is 0 Å². The Labute approximate surface area is 123 Å². The van der Waals surface area contributed by atoms with Gasteiger partial charge >= 0.3 is 0 Å². The van der Waals surface area contributed by atoms with Crippen molar-refractivity contribution in [1.29, 1.82) is 0 Å². The summed E-state index contributed by atoms with van der Waals surface area (Å²) in [5.74, 6) is 1.42. The summed E-state index contributed by atoms with van der Waals surface area (Å²) in [6.45, 7) is 7.86. The fraction of sp³-hybridized carbons (Fsp3) is 0.471. The molecule has 0 aliphatic carbocycles. The van der Waals surface area contributed by atoms with E-state index in [1.54, 1.807) is 0 Å². The van der Waals surface area contributed by atoms with Gasteiger partial charge in [0, 0.05) is 27.2 Å². The molecule has 0 saturated carbocycles. The van der Waals surface area contributed by atoms with Crippen molar-refractivity contribution < 1.29 is 0 Å². The van der Waals surface area contributed by atoms with E-state index in [1.807, 2.05) is 13.1 Å². The highest BCUT2D eigenvalue weighted by Crippen LogP contribution is 2.13. The number of rotatable bonds is 7. The first kappa shape index (κ1) is 16.3. The zero-order valence-corrected chi connectivity index (χ0v) is 13.0. The van der Waals surface area contributed by atoms with E-state index in [0.29, 0.717) is 5.92 Å².